The number of amides is 1. The molecule has 0 aromatic heterocycles. The molecular formula is C28H41ClN2O. The molecule has 32 heavy (non-hydrogen) atoms. The van der Waals surface area contributed by atoms with Crippen molar-refractivity contribution in [2.45, 2.75) is 71.0 Å². The van der Waals surface area contributed by atoms with Crippen LogP contribution in [0.5, 0.6) is 0 Å². The van der Waals surface area contributed by atoms with Crippen LogP contribution in [0.3, 0.4) is 0 Å². The third-order valence-corrected chi connectivity index (χ3v) is 7.14. The minimum absolute atomic E-state index is 0. The van der Waals surface area contributed by atoms with Crippen LogP contribution in [0.2, 0.25) is 0 Å². The third kappa shape index (κ3) is 6.59. The molecule has 1 amide bonds. The van der Waals surface area contributed by atoms with Gasteiger partial charge in [-0.05, 0) is 69.7 Å². The molecule has 0 saturated heterocycles. The van der Waals surface area contributed by atoms with Crippen LogP contribution in [0.4, 0.5) is 0 Å². The van der Waals surface area contributed by atoms with E-state index >= 15 is 0 Å². The first kappa shape index (κ1) is 26.4. The normalized spacial score (nSPS) is 19.4. The first-order valence-corrected chi connectivity index (χ1v) is 12.1. The fourth-order valence-electron chi connectivity index (χ4n) is 5.41. The summed E-state index contributed by atoms with van der Waals surface area (Å²) < 4.78 is 0. The molecular weight excluding hydrogens is 416 g/mol. The van der Waals surface area contributed by atoms with Gasteiger partial charge in [-0.2, -0.15) is 0 Å². The van der Waals surface area contributed by atoms with Crippen molar-refractivity contribution in [3.63, 3.8) is 0 Å². The lowest BCUT2D eigenvalue weighted by Gasteiger charge is -2.42. The van der Waals surface area contributed by atoms with Crippen LogP contribution in [0.1, 0.15) is 69.5 Å². The van der Waals surface area contributed by atoms with Gasteiger partial charge in [0.1, 0.15) is 0 Å². The monoisotopic (exact) mass is 456 g/mol. The zero-order valence-corrected chi connectivity index (χ0v) is 21.1. The Bertz CT molecular complexity index is 784. The molecule has 0 heterocycles. The molecule has 0 spiro atoms. The standard InChI is InChI=1S/C28H40N2O.ClH/c1-5-23(6-2)28(31)30(21-22-13-9-7-10-14-22)26-19-17-25(18-20-26)27(29(3)4)24-15-11-8-12-16-24;/h7-16,23,25-27H,5-6,17-21H2,1-4H3;1H. The van der Waals surface area contributed by atoms with Gasteiger partial charge >= 0.3 is 0 Å². The number of carbonyl (C=O) groups is 1. The van der Waals surface area contributed by atoms with Gasteiger partial charge in [-0.1, -0.05) is 74.5 Å². The van der Waals surface area contributed by atoms with E-state index in [1.165, 1.54) is 24.0 Å². The number of carbonyl (C=O) groups excluding carboxylic acids is 1. The first-order valence-electron chi connectivity index (χ1n) is 12.1. The molecule has 4 heteroatoms. The van der Waals surface area contributed by atoms with Crippen LogP contribution in [0, 0.1) is 11.8 Å². The quantitative estimate of drug-likeness (QED) is 0.417. The second-order valence-corrected chi connectivity index (χ2v) is 9.35. The highest BCUT2D eigenvalue weighted by atomic mass is 35.5. The van der Waals surface area contributed by atoms with Gasteiger partial charge in [0.2, 0.25) is 5.91 Å². The Morgan fingerprint density at radius 2 is 1.41 bits per heavy atom. The summed E-state index contributed by atoms with van der Waals surface area (Å²) in [5.74, 6) is 1.13. The maximum atomic E-state index is 13.5. The molecule has 3 rings (SSSR count). The Hall–Kier alpha value is -1.84. The molecule has 0 N–H and O–H groups in total. The summed E-state index contributed by atoms with van der Waals surface area (Å²) in [6.07, 6.45) is 6.38. The highest BCUT2D eigenvalue weighted by molar-refractivity contribution is 5.85. The summed E-state index contributed by atoms with van der Waals surface area (Å²) in [5, 5.41) is 0. The summed E-state index contributed by atoms with van der Waals surface area (Å²) in [5.41, 5.74) is 2.64. The fourth-order valence-corrected chi connectivity index (χ4v) is 5.41. The van der Waals surface area contributed by atoms with Crippen molar-refractivity contribution in [3.05, 3.63) is 71.8 Å². The van der Waals surface area contributed by atoms with Crippen LogP contribution in [-0.4, -0.2) is 35.8 Å². The summed E-state index contributed by atoms with van der Waals surface area (Å²) in [6.45, 7) is 5.03. The van der Waals surface area contributed by atoms with E-state index in [4.69, 9.17) is 0 Å². The minimum atomic E-state index is 0. The average molecular weight is 457 g/mol. The van der Waals surface area contributed by atoms with Gasteiger partial charge in [0.15, 0.2) is 0 Å². The van der Waals surface area contributed by atoms with Crippen LogP contribution in [0.25, 0.3) is 0 Å². The summed E-state index contributed by atoms with van der Waals surface area (Å²) >= 11 is 0. The Balaban J connectivity index is 0.00000363. The zero-order valence-electron chi connectivity index (χ0n) is 20.2. The van der Waals surface area contributed by atoms with E-state index in [1.54, 1.807) is 0 Å². The highest BCUT2D eigenvalue weighted by Gasteiger charge is 2.34. The molecule has 1 saturated carbocycles. The maximum Gasteiger partial charge on any atom is 0.226 e. The predicted molar refractivity (Wildman–Crippen MR) is 137 cm³/mol. The second kappa shape index (κ2) is 13.0. The van der Waals surface area contributed by atoms with Gasteiger partial charge in [0, 0.05) is 24.5 Å². The van der Waals surface area contributed by atoms with Gasteiger partial charge < -0.3 is 9.80 Å². The van der Waals surface area contributed by atoms with Gasteiger partial charge in [-0.3, -0.25) is 4.79 Å². The smallest absolute Gasteiger partial charge is 0.226 e. The van der Waals surface area contributed by atoms with E-state index in [0.717, 1.165) is 32.2 Å². The molecule has 176 valence electrons. The molecule has 2 aromatic carbocycles. The minimum Gasteiger partial charge on any atom is -0.335 e. The van der Waals surface area contributed by atoms with Crippen molar-refractivity contribution in [2.75, 3.05) is 14.1 Å². The van der Waals surface area contributed by atoms with E-state index in [-0.39, 0.29) is 18.3 Å². The number of halogens is 1. The molecule has 2 aromatic rings. The lowest BCUT2D eigenvalue weighted by atomic mass is 9.78. The molecule has 0 radical (unpaired) electrons. The molecule has 1 aliphatic rings. The molecule has 1 aliphatic carbocycles. The van der Waals surface area contributed by atoms with Crippen LogP contribution in [0.15, 0.2) is 60.7 Å². The van der Waals surface area contributed by atoms with Gasteiger partial charge in [-0.15, -0.1) is 12.4 Å². The van der Waals surface area contributed by atoms with Crippen molar-refractivity contribution < 1.29 is 4.79 Å². The van der Waals surface area contributed by atoms with Gasteiger partial charge in [0.05, 0.1) is 0 Å². The van der Waals surface area contributed by atoms with Crippen molar-refractivity contribution >= 4 is 18.3 Å². The molecule has 3 nitrogen and oxygen atoms in total. The van der Waals surface area contributed by atoms with Crippen LogP contribution < -0.4 is 0 Å². The SMILES string of the molecule is CCC(CC)C(=O)N(Cc1ccccc1)C1CCC(C(c2ccccc2)N(C)C)CC1.Cl. The lowest BCUT2D eigenvalue weighted by Crippen LogP contribution is -2.45. The topological polar surface area (TPSA) is 23.6 Å². The van der Waals surface area contributed by atoms with Gasteiger partial charge in [0.25, 0.3) is 0 Å². The molecule has 1 fully saturated rings. The average Bonchev–Trinajstić information content (AvgIpc) is 2.80. The Kier molecular flexibility index (Phi) is 10.7. The predicted octanol–water partition coefficient (Wildman–Crippen LogP) is 6.73. The molecule has 0 aliphatic heterocycles. The summed E-state index contributed by atoms with van der Waals surface area (Å²) in [6, 6.07) is 22.2. The van der Waals surface area contributed by atoms with E-state index in [0.29, 0.717) is 23.9 Å². The second-order valence-electron chi connectivity index (χ2n) is 9.35. The fraction of sp³-hybridized carbons (Fsp3) is 0.536. The number of hydrogen-bond donors (Lipinski definition) is 0. The summed E-state index contributed by atoms with van der Waals surface area (Å²) in [4.78, 5) is 18.1. The number of rotatable bonds is 9. The van der Waals surface area contributed by atoms with E-state index in [9.17, 15) is 4.79 Å². The van der Waals surface area contributed by atoms with Crippen molar-refractivity contribution in [3.8, 4) is 0 Å². The Morgan fingerprint density at radius 1 is 0.875 bits per heavy atom. The molecule has 0 bridgehead atoms. The van der Waals surface area contributed by atoms with E-state index in [1.807, 2.05) is 6.07 Å². The molecule has 1 atom stereocenters. The van der Waals surface area contributed by atoms with Crippen molar-refractivity contribution in [2.24, 2.45) is 11.8 Å². The zero-order chi connectivity index (χ0) is 22.2. The summed E-state index contributed by atoms with van der Waals surface area (Å²) in [7, 11) is 4.39. The molecule has 1 unspecified atom stereocenters. The largest absolute Gasteiger partial charge is 0.335 e. The number of hydrogen-bond acceptors (Lipinski definition) is 2. The number of nitrogens with zero attached hydrogens (tertiary/aromatic N) is 2. The van der Waals surface area contributed by atoms with E-state index in [2.05, 4.69) is 92.3 Å². The number of benzene rings is 2. The maximum absolute atomic E-state index is 13.5. The van der Waals surface area contributed by atoms with Crippen molar-refractivity contribution in [1.29, 1.82) is 0 Å². The Morgan fingerprint density at radius 3 is 1.91 bits per heavy atom. The lowest BCUT2D eigenvalue weighted by molar-refractivity contribution is -0.140. The Labute approximate surface area is 201 Å². The third-order valence-electron chi connectivity index (χ3n) is 7.14. The van der Waals surface area contributed by atoms with Gasteiger partial charge in [-0.25, -0.2) is 0 Å². The van der Waals surface area contributed by atoms with Crippen LogP contribution >= 0.6 is 12.4 Å². The van der Waals surface area contributed by atoms with Crippen LogP contribution in [-0.2, 0) is 11.3 Å². The highest BCUT2D eigenvalue weighted by Crippen LogP contribution is 2.39. The first-order chi connectivity index (χ1) is 15.0. The van der Waals surface area contributed by atoms with Crippen molar-refractivity contribution in [1.82, 2.24) is 9.80 Å². The van der Waals surface area contributed by atoms with E-state index < -0.39 is 0 Å².